The van der Waals surface area contributed by atoms with Gasteiger partial charge in [-0.1, -0.05) is 25.6 Å². The molecule has 0 spiro atoms. The predicted octanol–water partition coefficient (Wildman–Crippen LogP) is 3.02. The molecule has 4 nitrogen and oxygen atoms in total. The summed E-state index contributed by atoms with van der Waals surface area (Å²) >= 11 is 0. The molecule has 1 fully saturated rings. The molecule has 1 amide bonds. The number of carbonyl (C=O) groups excluding carboxylic acids is 1. The molecule has 120 valence electrons. The van der Waals surface area contributed by atoms with E-state index in [1.54, 1.807) is 11.8 Å². The molecular weight excluding hydrogens is 282 g/mol. The van der Waals surface area contributed by atoms with Gasteiger partial charge in [0.1, 0.15) is 19.3 Å². The lowest BCUT2D eigenvalue weighted by atomic mass is 9.95. The van der Waals surface area contributed by atoms with Crippen molar-refractivity contribution in [2.75, 3.05) is 6.54 Å². The number of nitrogens with zero attached hydrogens (tertiary/aromatic N) is 1. The molecule has 0 bridgehead atoms. The lowest BCUT2D eigenvalue weighted by Crippen LogP contribution is -2.50. The lowest BCUT2D eigenvalue weighted by Gasteiger charge is -2.34. The first-order chi connectivity index (χ1) is 9.32. The quantitative estimate of drug-likeness (QED) is 0.598. The number of ether oxygens (including phenoxy) is 1. The topological polar surface area (TPSA) is 49.8 Å². The largest absolute Gasteiger partial charge is 0.444 e. The first-order valence-corrected chi connectivity index (χ1v) is 11.1. The molecule has 21 heavy (non-hydrogen) atoms. The normalized spacial score (nSPS) is 22.3. The van der Waals surface area contributed by atoms with Gasteiger partial charge >= 0.3 is 6.09 Å². The van der Waals surface area contributed by atoms with E-state index >= 15 is 0 Å². The van der Waals surface area contributed by atoms with Gasteiger partial charge in [0.25, 0.3) is 0 Å². The van der Waals surface area contributed by atoms with Crippen LogP contribution in [0, 0.1) is 11.5 Å². The third-order valence-electron chi connectivity index (χ3n) is 3.22. The number of hydrogen-bond acceptors (Lipinski definition) is 3. The average molecular weight is 311 g/mol. The average Bonchev–Trinajstić information content (AvgIpc) is 2.72. The second-order valence-corrected chi connectivity index (χ2v) is 12.7. The zero-order valence-electron chi connectivity index (χ0n) is 14.4. The summed E-state index contributed by atoms with van der Waals surface area (Å²) in [7, 11) is -1.56. The molecule has 0 aromatic carbocycles. The zero-order valence-corrected chi connectivity index (χ0v) is 15.4. The number of carbonyl (C=O) groups is 1. The summed E-state index contributed by atoms with van der Waals surface area (Å²) in [4.78, 5) is 13.9. The summed E-state index contributed by atoms with van der Waals surface area (Å²) in [6, 6.07) is -0.295. The first kappa shape index (κ1) is 18.1. The number of hydrogen-bond donors (Lipinski definition) is 1. The zero-order chi connectivity index (χ0) is 16.5. The summed E-state index contributed by atoms with van der Waals surface area (Å²) < 4.78 is 5.43. The van der Waals surface area contributed by atoms with Crippen LogP contribution in [0.2, 0.25) is 19.6 Å². The van der Waals surface area contributed by atoms with Crippen LogP contribution in [-0.2, 0) is 4.74 Å². The van der Waals surface area contributed by atoms with E-state index in [2.05, 4.69) is 31.1 Å². The maximum atomic E-state index is 12.3. The van der Waals surface area contributed by atoms with Crippen molar-refractivity contribution in [3.8, 4) is 11.5 Å². The Balaban J connectivity index is 2.89. The van der Waals surface area contributed by atoms with Crippen LogP contribution in [-0.4, -0.2) is 48.0 Å². The highest BCUT2D eigenvalue weighted by atomic mass is 28.3. The molecule has 1 N–H and O–H groups in total. The summed E-state index contributed by atoms with van der Waals surface area (Å²) in [5.74, 6) is 3.01. The fourth-order valence-electron chi connectivity index (χ4n) is 2.29. The molecule has 0 radical (unpaired) electrons. The molecule has 0 aromatic rings. The van der Waals surface area contributed by atoms with Gasteiger partial charge in [-0.15, -0.1) is 5.54 Å². The van der Waals surface area contributed by atoms with Crippen molar-refractivity contribution in [2.45, 2.75) is 77.4 Å². The maximum absolute atomic E-state index is 12.3. The molecule has 0 aromatic heterocycles. The van der Waals surface area contributed by atoms with Crippen LogP contribution in [0.15, 0.2) is 0 Å². The van der Waals surface area contributed by atoms with Crippen molar-refractivity contribution >= 4 is 14.2 Å². The minimum atomic E-state index is -1.56. The fourth-order valence-corrected chi connectivity index (χ4v) is 2.92. The van der Waals surface area contributed by atoms with Crippen molar-refractivity contribution in [2.24, 2.45) is 0 Å². The number of likely N-dealkylation sites (tertiary alicyclic amines) is 1. The molecule has 2 atom stereocenters. The highest BCUT2D eigenvalue weighted by Gasteiger charge is 2.42. The van der Waals surface area contributed by atoms with Crippen LogP contribution < -0.4 is 0 Å². The van der Waals surface area contributed by atoms with E-state index in [0.29, 0.717) is 6.54 Å². The molecule has 1 saturated heterocycles. The third-order valence-corrected chi connectivity index (χ3v) is 4.10. The Morgan fingerprint density at radius 1 is 1.29 bits per heavy atom. The van der Waals surface area contributed by atoms with Gasteiger partial charge in [0.05, 0.1) is 6.04 Å². The van der Waals surface area contributed by atoms with Crippen molar-refractivity contribution < 1.29 is 14.6 Å². The Morgan fingerprint density at radius 2 is 1.86 bits per heavy atom. The summed E-state index contributed by atoms with van der Waals surface area (Å²) in [6.07, 6.45) is 1.27. The molecular formula is C16H29NO3Si. The standard InChI is InChI=1S/C16H29NO3Si/c1-15(2,3)20-14(18)17-11-8-9-13(17)16(4,19)10-12-21(5,6)7/h13,19H,8-9,11H2,1-7H3/t13-,16+/m0/s1. The Bertz CT molecular complexity index is 449. The van der Waals surface area contributed by atoms with E-state index in [1.165, 1.54) is 0 Å². The van der Waals surface area contributed by atoms with Gasteiger partial charge in [-0.05, 0) is 40.5 Å². The highest BCUT2D eigenvalue weighted by Crippen LogP contribution is 2.28. The van der Waals surface area contributed by atoms with Crippen LogP contribution >= 0.6 is 0 Å². The molecule has 0 aliphatic carbocycles. The molecule has 1 aliphatic rings. The van der Waals surface area contributed by atoms with Crippen LogP contribution in [0.1, 0.15) is 40.5 Å². The highest BCUT2D eigenvalue weighted by molar-refractivity contribution is 6.83. The van der Waals surface area contributed by atoms with E-state index in [1.807, 2.05) is 20.8 Å². The second-order valence-electron chi connectivity index (χ2n) is 7.98. The van der Waals surface area contributed by atoms with E-state index in [0.717, 1.165) is 12.8 Å². The minimum absolute atomic E-state index is 0.295. The van der Waals surface area contributed by atoms with Crippen LogP contribution in [0.3, 0.4) is 0 Å². The van der Waals surface area contributed by atoms with Gasteiger partial charge in [0.2, 0.25) is 0 Å². The minimum Gasteiger partial charge on any atom is -0.444 e. The van der Waals surface area contributed by atoms with Gasteiger partial charge in [0, 0.05) is 6.54 Å². The fraction of sp³-hybridized carbons (Fsp3) is 0.812. The van der Waals surface area contributed by atoms with Gasteiger partial charge < -0.3 is 14.7 Å². The smallest absolute Gasteiger partial charge is 0.410 e. The van der Waals surface area contributed by atoms with Gasteiger partial charge in [-0.3, -0.25) is 0 Å². The summed E-state index contributed by atoms with van der Waals surface area (Å²) in [6.45, 7) is 14.3. The van der Waals surface area contributed by atoms with Gasteiger partial charge in [-0.2, -0.15) is 0 Å². The molecule has 1 aliphatic heterocycles. The predicted molar refractivity (Wildman–Crippen MR) is 87.7 cm³/mol. The molecule has 5 heteroatoms. The third kappa shape index (κ3) is 5.72. The van der Waals surface area contributed by atoms with Crippen molar-refractivity contribution in [1.29, 1.82) is 0 Å². The van der Waals surface area contributed by atoms with E-state index in [9.17, 15) is 9.90 Å². The summed E-state index contributed by atoms with van der Waals surface area (Å²) in [5, 5.41) is 10.7. The van der Waals surface area contributed by atoms with E-state index < -0.39 is 19.3 Å². The maximum Gasteiger partial charge on any atom is 0.410 e. The van der Waals surface area contributed by atoms with Crippen LogP contribution in [0.4, 0.5) is 4.79 Å². The second kappa shape index (κ2) is 6.02. The molecule has 1 rings (SSSR count). The van der Waals surface area contributed by atoms with Gasteiger partial charge in [-0.25, -0.2) is 4.79 Å². The lowest BCUT2D eigenvalue weighted by molar-refractivity contribution is -0.00816. The Labute approximate surface area is 129 Å². The van der Waals surface area contributed by atoms with Crippen molar-refractivity contribution in [3.05, 3.63) is 0 Å². The molecule has 0 unspecified atom stereocenters. The Kier molecular flexibility index (Phi) is 5.17. The molecule has 0 saturated carbocycles. The summed E-state index contributed by atoms with van der Waals surface area (Å²) in [5.41, 5.74) is 1.49. The Hall–Kier alpha value is -0.993. The number of amides is 1. The number of aliphatic hydroxyl groups is 1. The van der Waals surface area contributed by atoms with E-state index in [-0.39, 0.29) is 12.1 Å². The van der Waals surface area contributed by atoms with E-state index in [4.69, 9.17) is 4.74 Å². The van der Waals surface area contributed by atoms with Crippen molar-refractivity contribution in [3.63, 3.8) is 0 Å². The Morgan fingerprint density at radius 3 is 2.33 bits per heavy atom. The van der Waals surface area contributed by atoms with Gasteiger partial charge in [0.15, 0.2) is 0 Å². The van der Waals surface area contributed by atoms with Crippen LogP contribution in [0.25, 0.3) is 0 Å². The molecule has 1 heterocycles. The first-order valence-electron chi connectivity index (χ1n) is 7.58. The number of rotatable bonds is 1. The van der Waals surface area contributed by atoms with Crippen molar-refractivity contribution in [1.82, 2.24) is 4.90 Å². The monoisotopic (exact) mass is 311 g/mol. The SMILES string of the molecule is CC(C)(C)OC(=O)N1CCC[C@H]1[C@](C)(O)C#C[Si](C)(C)C. The van der Waals surface area contributed by atoms with Crippen LogP contribution in [0.5, 0.6) is 0 Å².